The van der Waals surface area contributed by atoms with Gasteiger partial charge in [-0.2, -0.15) is 0 Å². The number of carbonyl (C=O) groups is 1. The van der Waals surface area contributed by atoms with Crippen LogP contribution in [0.3, 0.4) is 0 Å². The van der Waals surface area contributed by atoms with Crippen molar-refractivity contribution in [3.05, 3.63) is 0 Å². The fraction of sp³-hybridized carbons (Fsp3) is 0.917. The molecule has 0 aromatic heterocycles. The van der Waals surface area contributed by atoms with E-state index < -0.39 is 11.2 Å². The molecule has 0 unspecified atom stereocenters. The third kappa shape index (κ3) is 4.52. The summed E-state index contributed by atoms with van der Waals surface area (Å²) in [6, 6.07) is 0. The Morgan fingerprint density at radius 1 is 1.53 bits per heavy atom. The molecule has 1 amide bonds. The Kier molecular flexibility index (Phi) is 4.38. The molecule has 17 heavy (non-hydrogen) atoms. The maximum Gasteiger partial charge on any atom is 0.410 e. The van der Waals surface area contributed by atoms with Gasteiger partial charge in [-0.05, 0) is 46.6 Å². The maximum absolute atomic E-state index is 11.9. The van der Waals surface area contributed by atoms with E-state index in [1.807, 2.05) is 20.8 Å². The number of carbonyl (C=O) groups excluding carboxylic acids is 1. The number of hydrogen-bond donors (Lipinski definition) is 2. The van der Waals surface area contributed by atoms with E-state index in [2.05, 4.69) is 0 Å². The minimum atomic E-state index is -0.843. The number of amides is 1. The molecule has 1 aliphatic rings. The molecule has 0 bridgehead atoms. The van der Waals surface area contributed by atoms with Crippen molar-refractivity contribution < 1.29 is 14.6 Å². The number of hydrogen-bond acceptors (Lipinski definition) is 4. The second kappa shape index (κ2) is 5.23. The highest BCUT2D eigenvalue weighted by atomic mass is 16.6. The summed E-state index contributed by atoms with van der Waals surface area (Å²) in [5, 5.41) is 10.3. The number of ether oxygens (including phenoxy) is 1. The van der Waals surface area contributed by atoms with Crippen LogP contribution in [-0.4, -0.2) is 46.9 Å². The van der Waals surface area contributed by atoms with Gasteiger partial charge in [0.05, 0.1) is 12.1 Å². The zero-order valence-electron chi connectivity index (χ0n) is 11.0. The van der Waals surface area contributed by atoms with Crippen LogP contribution in [0.2, 0.25) is 0 Å². The Balaban J connectivity index is 2.57. The first-order valence-electron chi connectivity index (χ1n) is 6.16. The Labute approximate surface area is 103 Å². The van der Waals surface area contributed by atoms with Gasteiger partial charge in [-0.3, -0.25) is 0 Å². The Morgan fingerprint density at radius 3 is 2.71 bits per heavy atom. The molecule has 0 aromatic carbocycles. The van der Waals surface area contributed by atoms with Crippen LogP contribution < -0.4 is 5.73 Å². The van der Waals surface area contributed by atoms with Crippen molar-refractivity contribution in [2.45, 2.75) is 51.2 Å². The van der Waals surface area contributed by atoms with Gasteiger partial charge in [-0.1, -0.05) is 0 Å². The van der Waals surface area contributed by atoms with Gasteiger partial charge in [0.15, 0.2) is 0 Å². The van der Waals surface area contributed by atoms with Gasteiger partial charge >= 0.3 is 6.09 Å². The summed E-state index contributed by atoms with van der Waals surface area (Å²) in [6.45, 7) is 6.89. The van der Waals surface area contributed by atoms with Crippen molar-refractivity contribution in [1.82, 2.24) is 4.90 Å². The molecule has 3 N–H and O–H groups in total. The average molecular weight is 244 g/mol. The molecule has 0 aliphatic carbocycles. The van der Waals surface area contributed by atoms with Crippen molar-refractivity contribution in [1.29, 1.82) is 0 Å². The van der Waals surface area contributed by atoms with E-state index in [4.69, 9.17) is 10.5 Å². The first kappa shape index (κ1) is 14.3. The summed E-state index contributed by atoms with van der Waals surface area (Å²) in [5.41, 5.74) is 4.13. The topological polar surface area (TPSA) is 75.8 Å². The van der Waals surface area contributed by atoms with E-state index in [1.54, 1.807) is 4.90 Å². The van der Waals surface area contributed by atoms with E-state index in [1.165, 1.54) is 0 Å². The summed E-state index contributed by atoms with van der Waals surface area (Å²) in [6.07, 6.45) is 1.65. The standard InChI is InChI=1S/C12H24N2O3/c1-11(2,3)17-10(15)14-8-4-5-12(16,9-14)6-7-13/h16H,4-9,13H2,1-3H3/t12-/m0/s1. The number of likely N-dealkylation sites (tertiary alicyclic amines) is 1. The van der Waals surface area contributed by atoms with E-state index in [-0.39, 0.29) is 6.09 Å². The Hall–Kier alpha value is -0.810. The SMILES string of the molecule is CC(C)(C)OC(=O)N1CCC[C@](O)(CCN)C1. The fourth-order valence-corrected chi connectivity index (χ4v) is 2.07. The van der Waals surface area contributed by atoms with Gasteiger partial charge in [0.25, 0.3) is 0 Å². The molecule has 0 saturated carbocycles. The van der Waals surface area contributed by atoms with Crippen LogP contribution in [0.5, 0.6) is 0 Å². The van der Waals surface area contributed by atoms with Gasteiger partial charge in [0, 0.05) is 6.54 Å². The molecule has 1 aliphatic heterocycles. The Morgan fingerprint density at radius 2 is 2.18 bits per heavy atom. The minimum absolute atomic E-state index is 0.319. The van der Waals surface area contributed by atoms with Crippen LogP contribution in [0.25, 0.3) is 0 Å². The quantitative estimate of drug-likeness (QED) is 0.762. The molecule has 0 aromatic rings. The van der Waals surface area contributed by atoms with Crippen LogP contribution in [0.4, 0.5) is 4.79 Å². The molecule has 0 radical (unpaired) electrons. The lowest BCUT2D eigenvalue weighted by atomic mass is 9.90. The number of rotatable bonds is 2. The molecular formula is C12H24N2O3. The van der Waals surface area contributed by atoms with Crippen molar-refractivity contribution >= 4 is 6.09 Å². The maximum atomic E-state index is 11.9. The molecule has 100 valence electrons. The highest BCUT2D eigenvalue weighted by Gasteiger charge is 2.36. The van der Waals surface area contributed by atoms with Crippen LogP contribution in [-0.2, 0) is 4.74 Å². The lowest BCUT2D eigenvalue weighted by Gasteiger charge is -2.39. The third-order valence-corrected chi connectivity index (χ3v) is 2.82. The second-order valence-electron chi connectivity index (χ2n) is 5.77. The Bertz CT molecular complexity index is 271. The monoisotopic (exact) mass is 244 g/mol. The van der Waals surface area contributed by atoms with Gasteiger partial charge in [-0.25, -0.2) is 4.79 Å². The summed E-state index contributed by atoms with van der Waals surface area (Å²) in [7, 11) is 0. The predicted octanol–water partition coefficient (Wildman–Crippen LogP) is 1.10. The zero-order valence-corrected chi connectivity index (χ0v) is 11.0. The normalized spacial score (nSPS) is 25.8. The van der Waals surface area contributed by atoms with Crippen molar-refractivity contribution in [2.24, 2.45) is 5.73 Å². The average Bonchev–Trinajstić information content (AvgIpc) is 2.14. The third-order valence-electron chi connectivity index (χ3n) is 2.82. The smallest absolute Gasteiger partial charge is 0.410 e. The summed E-state index contributed by atoms with van der Waals surface area (Å²) in [4.78, 5) is 13.4. The molecule has 1 saturated heterocycles. The molecule has 1 fully saturated rings. The summed E-state index contributed by atoms with van der Waals surface area (Å²) in [5.74, 6) is 0. The summed E-state index contributed by atoms with van der Waals surface area (Å²) >= 11 is 0. The highest BCUT2D eigenvalue weighted by molar-refractivity contribution is 5.68. The largest absolute Gasteiger partial charge is 0.444 e. The molecule has 0 spiro atoms. The van der Waals surface area contributed by atoms with Crippen LogP contribution in [0.1, 0.15) is 40.0 Å². The van der Waals surface area contributed by atoms with Crippen LogP contribution >= 0.6 is 0 Å². The van der Waals surface area contributed by atoms with E-state index >= 15 is 0 Å². The number of aliphatic hydroxyl groups is 1. The lowest BCUT2D eigenvalue weighted by Crippen LogP contribution is -2.52. The molecule has 1 heterocycles. The number of β-amino-alcohol motifs (C(OH)–C–C–N with tert-alkyl or cyclic N) is 1. The van der Waals surface area contributed by atoms with Gasteiger partial charge < -0.3 is 20.5 Å². The van der Waals surface area contributed by atoms with Crippen LogP contribution in [0, 0.1) is 0 Å². The first-order valence-corrected chi connectivity index (χ1v) is 6.16. The fourth-order valence-electron chi connectivity index (χ4n) is 2.07. The first-order chi connectivity index (χ1) is 7.76. The lowest BCUT2D eigenvalue weighted by molar-refractivity contribution is -0.0458. The van der Waals surface area contributed by atoms with E-state index in [0.29, 0.717) is 32.5 Å². The van der Waals surface area contributed by atoms with Gasteiger partial charge in [0.1, 0.15) is 5.60 Å². The second-order valence-corrected chi connectivity index (χ2v) is 5.77. The zero-order chi connectivity index (χ0) is 13.1. The van der Waals surface area contributed by atoms with Crippen molar-refractivity contribution in [3.63, 3.8) is 0 Å². The number of nitrogens with two attached hydrogens (primary N) is 1. The molecule has 5 heteroatoms. The highest BCUT2D eigenvalue weighted by Crippen LogP contribution is 2.25. The number of piperidine rings is 1. The molecule has 5 nitrogen and oxygen atoms in total. The van der Waals surface area contributed by atoms with Crippen LogP contribution in [0.15, 0.2) is 0 Å². The summed E-state index contributed by atoms with van der Waals surface area (Å²) < 4.78 is 5.29. The van der Waals surface area contributed by atoms with Gasteiger partial charge in [0.2, 0.25) is 0 Å². The minimum Gasteiger partial charge on any atom is -0.444 e. The van der Waals surface area contributed by atoms with Crippen molar-refractivity contribution in [2.75, 3.05) is 19.6 Å². The van der Waals surface area contributed by atoms with Crippen molar-refractivity contribution in [3.8, 4) is 0 Å². The predicted molar refractivity (Wildman–Crippen MR) is 65.7 cm³/mol. The van der Waals surface area contributed by atoms with E-state index in [0.717, 1.165) is 6.42 Å². The molecule has 1 rings (SSSR count). The molecule has 1 atom stereocenters. The molecular weight excluding hydrogens is 220 g/mol. The number of nitrogens with zero attached hydrogens (tertiary/aromatic N) is 1. The van der Waals surface area contributed by atoms with E-state index in [9.17, 15) is 9.90 Å². The van der Waals surface area contributed by atoms with Gasteiger partial charge in [-0.15, -0.1) is 0 Å².